The first-order chi connectivity index (χ1) is 14.7. The fourth-order valence-electron chi connectivity index (χ4n) is 2.82. The average molecular weight is 469 g/mol. The van der Waals surface area contributed by atoms with Gasteiger partial charge in [-0.15, -0.1) is 11.8 Å². The molecule has 31 heavy (non-hydrogen) atoms. The average Bonchev–Trinajstić information content (AvgIpc) is 2.73. The molecule has 2 aromatic carbocycles. The molecule has 0 aliphatic rings. The van der Waals surface area contributed by atoms with E-state index >= 15 is 0 Å². The van der Waals surface area contributed by atoms with Crippen LogP contribution >= 0.6 is 23.4 Å². The van der Waals surface area contributed by atoms with E-state index in [2.05, 4.69) is 5.32 Å². The maximum Gasteiger partial charge on any atom is 0.242 e. The molecule has 1 N–H and O–H groups in total. The number of rotatable bonds is 10. The van der Waals surface area contributed by atoms with Crippen LogP contribution in [-0.4, -0.2) is 35.1 Å². The van der Waals surface area contributed by atoms with Crippen LogP contribution in [0.4, 0.5) is 8.78 Å². The molecule has 4 nitrogen and oxygen atoms in total. The highest BCUT2D eigenvalue weighted by Crippen LogP contribution is 2.24. The molecule has 0 aliphatic carbocycles. The number of amides is 2. The van der Waals surface area contributed by atoms with Crippen LogP contribution in [0, 0.1) is 17.6 Å². The van der Waals surface area contributed by atoms with Gasteiger partial charge in [0.1, 0.15) is 17.7 Å². The highest BCUT2D eigenvalue weighted by Gasteiger charge is 2.26. The molecule has 0 unspecified atom stereocenters. The summed E-state index contributed by atoms with van der Waals surface area (Å²) < 4.78 is 27.2. The van der Waals surface area contributed by atoms with Crippen LogP contribution < -0.4 is 5.32 Å². The summed E-state index contributed by atoms with van der Waals surface area (Å²) >= 11 is 7.27. The first-order valence-electron chi connectivity index (χ1n) is 10.0. The lowest BCUT2D eigenvalue weighted by Crippen LogP contribution is -2.48. The van der Waals surface area contributed by atoms with Gasteiger partial charge in [0, 0.05) is 29.4 Å². The standard InChI is InChI=1S/C23H27ClF2N2O2S/c1-15(2)11-27-23(30)16(3)28(12-17-7-9-18(25)10-8-17)22(29)14-31-13-19-20(24)5-4-6-21(19)26/h4-10,15-16H,11-14H2,1-3H3,(H,27,30)/t16-/m0/s1. The summed E-state index contributed by atoms with van der Waals surface area (Å²) in [5, 5.41) is 3.15. The molecule has 2 aromatic rings. The van der Waals surface area contributed by atoms with Crippen molar-refractivity contribution in [1.82, 2.24) is 10.2 Å². The monoisotopic (exact) mass is 468 g/mol. The molecule has 2 rings (SSSR count). The van der Waals surface area contributed by atoms with E-state index in [1.54, 1.807) is 25.1 Å². The second-order valence-electron chi connectivity index (χ2n) is 7.66. The van der Waals surface area contributed by atoms with Gasteiger partial charge in [-0.05, 0) is 42.7 Å². The molecule has 0 aliphatic heterocycles. The van der Waals surface area contributed by atoms with E-state index in [1.165, 1.54) is 40.9 Å². The Morgan fingerprint density at radius 1 is 1.10 bits per heavy atom. The number of thioether (sulfide) groups is 1. The zero-order chi connectivity index (χ0) is 23.0. The quantitative estimate of drug-likeness (QED) is 0.531. The molecule has 0 fully saturated rings. The summed E-state index contributed by atoms with van der Waals surface area (Å²) in [4.78, 5) is 27.0. The largest absolute Gasteiger partial charge is 0.354 e. The SMILES string of the molecule is CC(C)CNC(=O)[C@H](C)N(Cc1ccc(F)cc1)C(=O)CSCc1c(F)cccc1Cl. The Morgan fingerprint density at radius 3 is 2.39 bits per heavy atom. The van der Waals surface area contributed by atoms with Crippen LogP contribution in [0.15, 0.2) is 42.5 Å². The zero-order valence-electron chi connectivity index (χ0n) is 17.8. The van der Waals surface area contributed by atoms with Gasteiger partial charge in [0.15, 0.2) is 0 Å². The summed E-state index contributed by atoms with van der Waals surface area (Å²) in [7, 11) is 0. The second kappa shape index (κ2) is 12.1. The van der Waals surface area contributed by atoms with E-state index in [9.17, 15) is 18.4 Å². The van der Waals surface area contributed by atoms with Crippen LogP contribution in [-0.2, 0) is 21.9 Å². The highest BCUT2D eigenvalue weighted by atomic mass is 35.5. The van der Waals surface area contributed by atoms with Gasteiger partial charge in [0.05, 0.1) is 5.75 Å². The lowest BCUT2D eigenvalue weighted by Gasteiger charge is -2.29. The summed E-state index contributed by atoms with van der Waals surface area (Å²) in [6.45, 7) is 6.29. The third-order valence-electron chi connectivity index (χ3n) is 4.65. The molecule has 168 valence electrons. The molecule has 0 saturated carbocycles. The number of nitrogens with zero attached hydrogens (tertiary/aromatic N) is 1. The van der Waals surface area contributed by atoms with Crippen LogP contribution in [0.3, 0.4) is 0 Å². The van der Waals surface area contributed by atoms with Crippen LogP contribution in [0.1, 0.15) is 31.9 Å². The van der Waals surface area contributed by atoms with E-state index in [0.29, 0.717) is 22.7 Å². The van der Waals surface area contributed by atoms with Crippen molar-refractivity contribution in [2.45, 2.75) is 39.1 Å². The van der Waals surface area contributed by atoms with Crippen molar-refractivity contribution in [3.63, 3.8) is 0 Å². The number of carbonyl (C=O) groups is 2. The first kappa shape index (κ1) is 25.1. The number of hydrogen-bond donors (Lipinski definition) is 1. The van der Waals surface area contributed by atoms with Crippen molar-refractivity contribution < 1.29 is 18.4 Å². The summed E-state index contributed by atoms with van der Waals surface area (Å²) in [5.41, 5.74) is 1.05. The van der Waals surface area contributed by atoms with E-state index < -0.39 is 11.9 Å². The molecule has 0 spiro atoms. The lowest BCUT2D eigenvalue weighted by molar-refractivity contribution is -0.138. The molecule has 2 amide bonds. The van der Waals surface area contributed by atoms with E-state index in [0.717, 1.165) is 0 Å². The first-order valence-corrected chi connectivity index (χ1v) is 11.5. The van der Waals surface area contributed by atoms with E-state index in [-0.39, 0.29) is 41.6 Å². The minimum absolute atomic E-state index is 0.0493. The topological polar surface area (TPSA) is 49.4 Å². The van der Waals surface area contributed by atoms with Gasteiger partial charge < -0.3 is 10.2 Å². The molecule has 8 heteroatoms. The van der Waals surface area contributed by atoms with Gasteiger partial charge in [-0.1, -0.05) is 43.6 Å². The summed E-state index contributed by atoms with van der Waals surface area (Å²) in [6, 6.07) is 9.54. The van der Waals surface area contributed by atoms with Gasteiger partial charge in [0.25, 0.3) is 0 Å². The number of halogens is 3. The van der Waals surface area contributed by atoms with Crippen LogP contribution in [0.25, 0.3) is 0 Å². The molecule has 0 saturated heterocycles. The number of nitrogens with one attached hydrogen (secondary N) is 1. The molecular formula is C23H27ClF2N2O2S. The Bertz CT molecular complexity index is 873. The van der Waals surface area contributed by atoms with Crippen molar-refractivity contribution in [2.24, 2.45) is 5.92 Å². The molecule has 1 atom stereocenters. The van der Waals surface area contributed by atoms with Gasteiger partial charge in [-0.3, -0.25) is 9.59 Å². The molecular weight excluding hydrogens is 442 g/mol. The second-order valence-corrected chi connectivity index (χ2v) is 9.05. The maximum atomic E-state index is 14.0. The fraction of sp³-hybridized carbons (Fsp3) is 0.391. The molecule has 0 radical (unpaired) electrons. The minimum Gasteiger partial charge on any atom is -0.354 e. The number of hydrogen-bond acceptors (Lipinski definition) is 3. The fourth-order valence-corrected chi connectivity index (χ4v) is 4.06. The van der Waals surface area contributed by atoms with Crippen molar-refractivity contribution >= 4 is 35.2 Å². The van der Waals surface area contributed by atoms with Crippen LogP contribution in [0.5, 0.6) is 0 Å². The Kier molecular flexibility index (Phi) is 9.78. The smallest absolute Gasteiger partial charge is 0.242 e. The van der Waals surface area contributed by atoms with Crippen LogP contribution in [0.2, 0.25) is 5.02 Å². The summed E-state index contributed by atoms with van der Waals surface area (Å²) in [6.07, 6.45) is 0. The van der Waals surface area contributed by atoms with Gasteiger partial charge in [0.2, 0.25) is 11.8 Å². The van der Waals surface area contributed by atoms with Gasteiger partial charge in [-0.25, -0.2) is 8.78 Å². The third-order valence-corrected chi connectivity index (χ3v) is 5.95. The zero-order valence-corrected chi connectivity index (χ0v) is 19.4. The maximum absolute atomic E-state index is 14.0. The third kappa shape index (κ3) is 7.82. The van der Waals surface area contributed by atoms with E-state index in [4.69, 9.17) is 11.6 Å². The summed E-state index contributed by atoms with van der Waals surface area (Å²) in [5.74, 6) is -0.763. The molecule has 0 bridgehead atoms. The highest BCUT2D eigenvalue weighted by molar-refractivity contribution is 7.99. The van der Waals surface area contributed by atoms with Gasteiger partial charge in [-0.2, -0.15) is 0 Å². The Morgan fingerprint density at radius 2 is 1.77 bits per heavy atom. The van der Waals surface area contributed by atoms with Gasteiger partial charge >= 0.3 is 0 Å². The predicted octanol–water partition coefficient (Wildman–Crippen LogP) is 5.04. The Balaban J connectivity index is 2.09. The lowest BCUT2D eigenvalue weighted by atomic mass is 10.1. The number of benzene rings is 2. The van der Waals surface area contributed by atoms with Crippen molar-refractivity contribution in [3.05, 3.63) is 70.2 Å². The normalized spacial score (nSPS) is 12.0. The Hall–Kier alpha value is -2.12. The molecule has 0 heterocycles. The minimum atomic E-state index is -0.714. The van der Waals surface area contributed by atoms with Crippen molar-refractivity contribution in [2.75, 3.05) is 12.3 Å². The van der Waals surface area contributed by atoms with Crippen molar-refractivity contribution in [1.29, 1.82) is 0 Å². The number of carbonyl (C=O) groups excluding carboxylic acids is 2. The molecule has 0 aromatic heterocycles. The van der Waals surface area contributed by atoms with Crippen molar-refractivity contribution in [3.8, 4) is 0 Å². The van der Waals surface area contributed by atoms with E-state index in [1.807, 2.05) is 13.8 Å². The Labute approximate surface area is 191 Å². The predicted molar refractivity (Wildman–Crippen MR) is 122 cm³/mol.